The summed E-state index contributed by atoms with van der Waals surface area (Å²) in [6.07, 6.45) is 0. The number of aryl methyl sites for hydroxylation is 1. The normalized spacial score (nSPS) is 10.3. The van der Waals surface area contributed by atoms with Gasteiger partial charge in [0.15, 0.2) is 11.5 Å². The van der Waals surface area contributed by atoms with Crippen LogP contribution in [-0.4, -0.2) is 45.2 Å². The maximum Gasteiger partial charge on any atom is 0.254 e. The third kappa shape index (κ3) is 4.78. The van der Waals surface area contributed by atoms with Gasteiger partial charge in [-0.1, -0.05) is 18.2 Å². The van der Waals surface area contributed by atoms with Gasteiger partial charge in [0.2, 0.25) is 0 Å². The Hall–Kier alpha value is -1.96. The first-order chi connectivity index (χ1) is 12.0. The van der Waals surface area contributed by atoms with Gasteiger partial charge in [-0.25, -0.2) is 0 Å². The van der Waals surface area contributed by atoms with Crippen LogP contribution in [0.4, 0.5) is 0 Å². The topological polar surface area (TPSA) is 48.0 Å². The number of hydrogen-bond donors (Lipinski definition) is 0. The van der Waals surface area contributed by atoms with Crippen LogP contribution in [-0.2, 0) is 0 Å². The minimum Gasteiger partial charge on any atom is -0.493 e. The highest BCUT2D eigenvalue weighted by atomic mass is 127. The van der Waals surface area contributed by atoms with Crippen LogP contribution in [0.3, 0.4) is 0 Å². The molecule has 0 saturated carbocycles. The largest absolute Gasteiger partial charge is 0.493 e. The van der Waals surface area contributed by atoms with Crippen LogP contribution < -0.4 is 14.2 Å². The SMILES string of the molecule is COc1cc(I)c(C(=O)N(C)CCOc2ccccc2C)cc1OC. The number of halogens is 1. The summed E-state index contributed by atoms with van der Waals surface area (Å²) in [6, 6.07) is 11.3. The van der Waals surface area contributed by atoms with Crippen molar-refractivity contribution >= 4 is 28.5 Å². The quantitative estimate of drug-likeness (QED) is 0.597. The Morgan fingerprint density at radius 2 is 1.72 bits per heavy atom. The van der Waals surface area contributed by atoms with Crippen LogP contribution in [0, 0.1) is 10.5 Å². The van der Waals surface area contributed by atoms with E-state index in [1.54, 1.807) is 38.3 Å². The van der Waals surface area contributed by atoms with Gasteiger partial charge in [-0.2, -0.15) is 0 Å². The average molecular weight is 455 g/mol. The summed E-state index contributed by atoms with van der Waals surface area (Å²) in [6.45, 7) is 2.91. The van der Waals surface area contributed by atoms with Gasteiger partial charge in [-0.05, 0) is 53.3 Å². The summed E-state index contributed by atoms with van der Waals surface area (Å²) >= 11 is 2.13. The van der Waals surface area contributed by atoms with Crippen LogP contribution in [0.5, 0.6) is 17.2 Å². The highest BCUT2D eigenvalue weighted by Crippen LogP contribution is 2.31. The van der Waals surface area contributed by atoms with Crippen molar-refractivity contribution in [2.45, 2.75) is 6.92 Å². The molecule has 0 spiro atoms. The zero-order chi connectivity index (χ0) is 18.4. The molecule has 0 aliphatic carbocycles. The number of likely N-dealkylation sites (N-methyl/N-ethyl adjacent to an activating group) is 1. The number of carbonyl (C=O) groups is 1. The van der Waals surface area contributed by atoms with E-state index < -0.39 is 0 Å². The summed E-state index contributed by atoms with van der Waals surface area (Å²) < 4.78 is 17.1. The number of carbonyl (C=O) groups excluding carboxylic acids is 1. The first-order valence-electron chi connectivity index (χ1n) is 7.83. The van der Waals surface area contributed by atoms with E-state index in [-0.39, 0.29) is 5.91 Å². The average Bonchev–Trinajstić information content (AvgIpc) is 2.62. The Morgan fingerprint density at radius 3 is 2.36 bits per heavy atom. The Balaban J connectivity index is 2.03. The number of para-hydroxylation sites is 1. The summed E-state index contributed by atoms with van der Waals surface area (Å²) in [4.78, 5) is 14.4. The van der Waals surface area contributed by atoms with E-state index in [4.69, 9.17) is 14.2 Å². The molecule has 0 saturated heterocycles. The van der Waals surface area contributed by atoms with Crippen molar-refractivity contribution in [1.29, 1.82) is 0 Å². The number of methoxy groups -OCH3 is 2. The summed E-state index contributed by atoms with van der Waals surface area (Å²) in [7, 11) is 4.89. The minimum absolute atomic E-state index is 0.0845. The third-order valence-electron chi connectivity index (χ3n) is 3.83. The molecular weight excluding hydrogens is 433 g/mol. The molecule has 0 unspecified atom stereocenters. The molecule has 0 radical (unpaired) electrons. The number of hydrogen-bond acceptors (Lipinski definition) is 4. The van der Waals surface area contributed by atoms with Crippen molar-refractivity contribution in [1.82, 2.24) is 4.90 Å². The highest BCUT2D eigenvalue weighted by molar-refractivity contribution is 14.1. The second-order valence-electron chi connectivity index (χ2n) is 5.53. The number of benzene rings is 2. The van der Waals surface area contributed by atoms with Crippen molar-refractivity contribution in [3.05, 3.63) is 51.1 Å². The molecule has 1 amide bonds. The van der Waals surface area contributed by atoms with Gasteiger partial charge in [-0.15, -0.1) is 0 Å². The first-order valence-corrected chi connectivity index (χ1v) is 8.91. The third-order valence-corrected chi connectivity index (χ3v) is 4.72. The van der Waals surface area contributed by atoms with Crippen molar-refractivity contribution in [2.24, 2.45) is 0 Å². The van der Waals surface area contributed by atoms with E-state index in [0.717, 1.165) is 14.9 Å². The fourth-order valence-electron chi connectivity index (χ4n) is 2.34. The Bertz CT molecular complexity index is 748. The van der Waals surface area contributed by atoms with Crippen molar-refractivity contribution in [2.75, 3.05) is 34.4 Å². The van der Waals surface area contributed by atoms with Gasteiger partial charge in [-0.3, -0.25) is 4.79 Å². The van der Waals surface area contributed by atoms with Crippen LogP contribution in [0.1, 0.15) is 15.9 Å². The highest BCUT2D eigenvalue weighted by Gasteiger charge is 2.18. The fraction of sp³-hybridized carbons (Fsp3) is 0.316. The van der Waals surface area contributed by atoms with E-state index in [0.29, 0.717) is 30.2 Å². The second-order valence-corrected chi connectivity index (χ2v) is 6.69. The molecule has 0 bridgehead atoms. The summed E-state index contributed by atoms with van der Waals surface area (Å²) in [5.41, 5.74) is 1.66. The molecule has 0 atom stereocenters. The van der Waals surface area contributed by atoms with Gasteiger partial charge in [0.05, 0.1) is 26.3 Å². The van der Waals surface area contributed by atoms with E-state index >= 15 is 0 Å². The molecule has 2 aromatic rings. The molecule has 0 N–H and O–H groups in total. The lowest BCUT2D eigenvalue weighted by atomic mass is 10.1. The van der Waals surface area contributed by atoms with Crippen LogP contribution in [0.15, 0.2) is 36.4 Å². The summed E-state index contributed by atoms with van der Waals surface area (Å²) in [5.74, 6) is 1.90. The lowest BCUT2D eigenvalue weighted by Crippen LogP contribution is -2.31. The van der Waals surface area contributed by atoms with Crippen LogP contribution in [0.25, 0.3) is 0 Å². The Kier molecular flexibility index (Phi) is 6.92. The second kappa shape index (κ2) is 8.94. The molecular formula is C19H22INO4. The van der Waals surface area contributed by atoms with Crippen molar-refractivity contribution < 1.29 is 19.0 Å². The zero-order valence-electron chi connectivity index (χ0n) is 14.8. The molecule has 0 aromatic heterocycles. The Labute approximate surface area is 162 Å². The molecule has 0 aliphatic heterocycles. The number of nitrogens with zero attached hydrogens (tertiary/aromatic N) is 1. The van der Waals surface area contributed by atoms with E-state index in [9.17, 15) is 4.79 Å². The zero-order valence-corrected chi connectivity index (χ0v) is 17.0. The predicted octanol–water partition coefficient (Wildman–Crippen LogP) is 3.77. The monoisotopic (exact) mass is 455 g/mol. The molecule has 2 rings (SSSR count). The van der Waals surface area contributed by atoms with Gasteiger partial charge in [0.1, 0.15) is 12.4 Å². The number of rotatable bonds is 7. The van der Waals surface area contributed by atoms with Gasteiger partial charge < -0.3 is 19.1 Å². The standard InChI is InChI=1S/C19H22INO4/c1-13-7-5-6-8-16(13)25-10-9-21(2)19(22)14-11-17(23-3)18(24-4)12-15(14)20/h5-8,11-12H,9-10H2,1-4H3. The first kappa shape index (κ1) is 19.4. The lowest BCUT2D eigenvalue weighted by Gasteiger charge is -2.19. The van der Waals surface area contributed by atoms with Crippen LogP contribution in [0.2, 0.25) is 0 Å². The molecule has 2 aromatic carbocycles. The maximum absolute atomic E-state index is 12.7. The van der Waals surface area contributed by atoms with Gasteiger partial charge >= 0.3 is 0 Å². The minimum atomic E-state index is -0.0845. The van der Waals surface area contributed by atoms with E-state index in [2.05, 4.69) is 22.6 Å². The number of ether oxygens (including phenoxy) is 3. The van der Waals surface area contributed by atoms with Crippen molar-refractivity contribution in [3.8, 4) is 17.2 Å². The molecule has 0 fully saturated rings. The smallest absolute Gasteiger partial charge is 0.254 e. The van der Waals surface area contributed by atoms with E-state index in [1.165, 1.54) is 0 Å². The Morgan fingerprint density at radius 1 is 1.08 bits per heavy atom. The molecule has 5 nitrogen and oxygen atoms in total. The molecule has 0 aliphatic rings. The molecule has 6 heteroatoms. The van der Waals surface area contributed by atoms with Gasteiger partial charge in [0, 0.05) is 10.6 Å². The number of amides is 1. The lowest BCUT2D eigenvalue weighted by molar-refractivity contribution is 0.0772. The van der Waals surface area contributed by atoms with Gasteiger partial charge in [0.25, 0.3) is 5.91 Å². The van der Waals surface area contributed by atoms with Crippen molar-refractivity contribution in [3.63, 3.8) is 0 Å². The van der Waals surface area contributed by atoms with E-state index in [1.807, 2.05) is 31.2 Å². The summed E-state index contributed by atoms with van der Waals surface area (Å²) in [5, 5.41) is 0. The predicted molar refractivity (Wildman–Crippen MR) is 106 cm³/mol. The fourth-order valence-corrected chi connectivity index (χ4v) is 3.01. The maximum atomic E-state index is 12.7. The van der Waals surface area contributed by atoms with Crippen LogP contribution >= 0.6 is 22.6 Å². The molecule has 25 heavy (non-hydrogen) atoms. The molecule has 0 heterocycles. The molecule has 134 valence electrons.